The lowest BCUT2D eigenvalue weighted by Gasteiger charge is -2.11. The van der Waals surface area contributed by atoms with Crippen molar-refractivity contribution < 1.29 is 27.4 Å². The summed E-state index contributed by atoms with van der Waals surface area (Å²) in [6.45, 7) is 2.95. The van der Waals surface area contributed by atoms with E-state index in [1.165, 1.54) is 24.3 Å². The summed E-state index contributed by atoms with van der Waals surface area (Å²) < 4.78 is 51.1. The van der Waals surface area contributed by atoms with Gasteiger partial charge in [-0.15, -0.1) is 37.1 Å². The number of hydrogen-bond acceptors (Lipinski definition) is 4. The molecule has 0 unspecified atom stereocenters. The average molecular weight is 539 g/mol. The smallest absolute Gasteiger partial charge is 0.493 e. The Morgan fingerprint density at radius 3 is 2.40 bits per heavy atom. The van der Waals surface area contributed by atoms with Crippen LogP contribution in [0.4, 0.5) is 18.9 Å². The lowest BCUT2D eigenvalue weighted by Crippen LogP contribution is -2.23. The molecule has 0 aromatic heterocycles. The molecule has 0 bridgehead atoms. The van der Waals surface area contributed by atoms with Crippen LogP contribution < -0.4 is 25.3 Å². The highest BCUT2D eigenvalue weighted by Gasteiger charge is 2.30. The van der Waals surface area contributed by atoms with Crippen LogP contribution in [0, 0.1) is 0 Å². The molecule has 2 aromatic carbocycles. The molecule has 0 spiro atoms. The molecule has 0 saturated carbocycles. The maximum atomic E-state index is 12.2. The standard InChI is InChI=1S/C20H24F3N3O3.HI/c1-3-28-18-13-14(6-11-17(18)27-2)5-4-12-25-19(24)26-15-7-9-16(10-8-15)29-20(21,22)23;/h6-11,13H,3-5,12H2,1-2H3,(H3,24,25,26);1H. The van der Waals surface area contributed by atoms with Gasteiger partial charge >= 0.3 is 6.36 Å². The molecule has 3 N–H and O–H groups in total. The highest BCUT2D eigenvalue weighted by atomic mass is 127. The first-order chi connectivity index (χ1) is 13.8. The number of hydrogen-bond donors (Lipinski definition) is 2. The molecular formula is C20H25F3IN3O3. The van der Waals surface area contributed by atoms with Crippen LogP contribution in [0.5, 0.6) is 17.2 Å². The maximum Gasteiger partial charge on any atom is 0.573 e. The molecule has 166 valence electrons. The number of rotatable bonds is 9. The number of benzene rings is 2. The minimum Gasteiger partial charge on any atom is -0.493 e. The number of methoxy groups -OCH3 is 1. The van der Waals surface area contributed by atoms with Gasteiger partial charge in [-0.05, 0) is 61.7 Å². The normalized spacial score (nSPS) is 11.4. The van der Waals surface area contributed by atoms with Gasteiger partial charge in [0.15, 0.2) is 17.5 Å². The Morgan fingerprint density at radius 2 is 1.80 bits per heavy atom. The van der Waals surface area contributed by atoms with Crippen molar-refractivity contribution in [2.75, 3.05) is 25.6 Å². The highest BCUT2D eigenvalue weighted by Crippen LogP contribution is 2.28. The fourth-order valence-electron chi connectivity index (χ4n) is 2.55. The van der Waals surface area contributed by atoms with Crippen LogP contribution in [0.15, 0.2) is 47.5 Å². The lowest BCUT2D eigenvalue weighted by atomic mass is 10.1. The van der Waals surface area contributed by atoms with E-state index in [9.17, 15) is 13.2 Å². The van der Waals surface area contributed by atoms with Crippen molar-refractivity contribution in [3.05, 3.63) is 48.0 Å². The van der Waals surface area contributed by atoms with Crippen molar-refractivity contribution in [1.82, 2.24) is 0 Å². The van der Waals surface area contributed by atoms with Crippen LogP contribution in [0.25, 0.3) is 0 Å². The van der Waals surface area contributed by atoms with Gasteiger partial charge in [0.2, 0.25) is 0 Å². The van der Waals surface area contributed by atoms with Crippen molar-refractivity contribution in [3.8, 4) is 17.2 Å². The first-order valence-electron chi connectivity index (χ1n) is 9.03. The summed E-state index contributed by atoms with van der Waals surface area (Å²) in [4.78, 5) is 4.22. The van der Waals surface area contributed by atoms with Gasteiger partial charge in [0.05, 0.1) is 13.7 Å². The van der Waals surface area contributed by atoms with E-state index in [1.54, 1.807) is 7.11 Å². The minimum absolute atomic E-state index is 0. The molecule has 0 atom stereocenters. The number of nitrogens with zero attached hydrogens (tertiary/aromatic N) is 1. The number of nitrogens with one attached hydrogen (secondary N) is 1. The maximum absolute atomic E-state index is 12.2. The number of halogens is 4. The van der Waals surface area contributed by atoms with Crippen molar-refractivity contribution in [2.24, 2.45) is 10.7 Å². The Labute approximate surface area is 190 Å². The molecule has 0 fully saturated rings. The van der Waals surface area contributed by atoms with Gasteiger partial charge in [-0.25, -0.2) is 0 Å². The molecule has 0 aliphatic carbocycles. The van der Waals surface area contributed by atoms with E-state index in [0.29, 0.717) is 30.3 Å². The third-order valence-corrected chi connectivity index (χ3v) is 3.79. The summed E-state index contributed by atoms with van der Waals surface area (Å²) in [5.41, 5.74) is 7.42. The van der Waals surface area contributed by atoms with Gasteiger partial charge in [-0.1, -0.05) is 6.07 Å². The Hall–Kier alpha value is -2.37. The zero-order valence-corrected chi connectivity index (χ0v) is 19.0. The molecule has 2 aromatic rings. The zero-order valence-electron chi connectivity index (χ0n) is 16.7. The van der Waals surface area contributed by atoms with E-state index in [2.05, 4.69) is 15.0 Å². The summed E-state index contributed by atoms with van der Waals surface area (Å²) in [6.07, 6.45) is -3.17. The zero-order chi connectivity index (χ0) is 21.3. The van der Waals surface area contributed by atoms with Crippen molar-refractivity contribution >= 4 is 35.6 Å². The second-order valence-electron chi connectivity index (χ2n) is 5.99. The number of alkyl halides is 3. The number of anilines is 1. The molecule has 10 heteroatoms. The van der Waals surface area contributed by atoms with Gasteiger partial charge in [0.1, 0.15) is 5.75 Å². The molecule has 0 heterocycles. The van der Waals surface area contributed by atoms with Crippen molar-refractivity contribution in [2.45, 2.75) is 26.1 Å². The summed E-state index contributed by atoms with van der Waals surface area (Å²) in [5.74, 6) is 1.27. The monoisotopic (exact) mass is 539 g/mol. The largest absolute Gasteiger partial charge is 0.573 e. The minimum atomic E-state index is -4.72. The number of aliphatic imine (C=N–C) groups is 1. The quantitative estimate of drug-likeness (QED) is 0.204. The predicted molar refractivity (Wildman–Crippen MR) is 121 cm³/mol. The van der Waals surface area contributed by atoms with E-state index in [0.717, 1.165) is 18.4 Å². The fraction of sp³-hybridized carbons (Fsp3) is 0.350. The molecule has 30 heavy (non-hydrogen) atoms. The molecular weight excluding hydrogens is 514 g/mol. The number of ether oxygens (including phenoxy) is 3. The Kier molecular flexibility index (Phi) is 10.6. The van der Waals surface area contributed by atoms with Gasteiger partial charge in [0.25, 0.3) is 0 Å². The highest BCUT2D eigenvalue weighted by molar-refractivity contribution is 14.0. The van der Waals surface area contributed by atoms with Gasteiger partial charge in [0, 0.05) is 12.2 Å². The van der Waals surface area contributed by atoms with Crippen molar-refractivity contribution in [1.29, 1.82) is 0 Å². The molecule has 6 nitrogen and oxygen atoms in total. The third kappa shape index (κ3) is 8.97. The average Bonchev–Trinajstić information content (AvgIpc) is 2.66. The third-order valence-electron chi connectivity index (χ3n) is 3.79. The molecule has 0 saturated heterocycles. The van der Waals surface area contributed by atoms with Gasteiger partial charge < -0.3 is 25.3 Å². The molecule has 2 rings (SSSR count). The molecule has 0 aliphatic rings. The number of nitrogens with two attached hydrogens (primary N) is 1. The van der Waals surface area contributed by atoms with Crippen LogP contribution in [0.1, 0.15) is 18.9 Å². The van der Waals surface area contributed by atoms with Crippen LogP contribution in [0.3, 0.4) is 0 Å². The van der Waals surface area contributed by atoms with E-state index >= 15 is 0 Å². The first-order valence-corrected chi connectivity index (χ1v) is 9.03. The number of guanidine groups is 1. The second-order valence-corrected chi connectivity index (χ2v) is 5.99. The Bertz CT molecular complexity index is 815. The summed E-state index contributed by atoms with van der Waals surface area (Å²) >= 11 is 0. The summed E-state index contributed by atoms with van der Waals surface area (Å²) in [6, 6.07) is 11.0. The summed E-state index contributed by atoms with van der Waals surface area (Å²) in [5, 5.41) is 2.83. The Morgan fingerprint density at radius 1 is 1.10 bits per heavy atom. The summed E-state index contributed by atoms with van der Waals surface area (Å²) in [7, 11) is 1.60. The first kappa shape index (κ1) is 25.7. The molecule has 0 amide bonds. The number of aryl methyl sites for hydroxylation is 1. The Balaban J connectivity index is 0.00000450. The van der Waals surface area contributed by atoms with Crippen LogP contribution in [0.2, 0.25) is 0 Å². The van der Waals surface area contributed by atoms with Crippen LogP contribution in [-0.2, 0) is 6.42 Å². The van der Waals surface area contributed by atoms with Gasteiger partial charge in [-0.3, -0.25) is 4.99 Å². The van der Waals surface area contributed by atoms with E-state index in [1.807, 2.05) is 25.1 Å². The second kappa shape index (κ2) is 12.4. The SMILES string of the molecule is CCOc1cc(CCCN=C(N)Nc2ccc(OC(F)(F)F)cc2)ccc1OC.I. The van der Waals surface area contributed by atoms with E-state index in [4.69, 9.17) is 15.2 Å². The van der Waals surface area contributed by atoms with E-state index < -0.39 is 6.36 Å². The fourth-order valence-corrected chi connectivity index (χ4v) is 2.55. The van der Waals surface area contributed by atoms with Gasteiger partial charge in [-0.2, -0.15) is 0 Å². The molecule has 0 radical (unpaired) electrons. The van der Waals surface area contributed by atoms with Crippen LogP contribution in [-0.4, -0.2) is 32.6 Å². The van der Waals surface area contributed by atoms with Crippen molar-refractivity contribution in [3.63, 3.8) is 0 Å². The topological polar surface area (TPSA) is 78.1 Å². The predicted octanol–water partition coefficient (Wildman–Crippen LogP) is 4.97. The van der Waals surface area contributed by atoms with E-state index in [-0.39, 0.29) is 35.7 Å². The molecule has 0 aliphatic heterocycles. The lowest BCUT2D eigenvalue weighted by molar-refractivity contribution is -0.274. The van der Waals surface area contributed by atoms with Crippen LogP contribution >= 0.6 is 24.0 Å².